The molecule has 2 aromatic rings. The first-order valence-corrected chi connectivity index (χ1v) is 11.0. The topological polar surface area (TPSA) is 126 Å². The Hall–Kier alpha value is -2.57. The fourth-order valence-electron chi connectivity index (χ4n) is 3.49. The van der Waals surface area contributed by atoms with Gasteiger partial charge < -0.3 is 21.2 Å². The number of thioether (sulfide) groups is 1. The monoisotopic (exact) mass is 413 g/mol. The Morgan fingerprint density at radius 3 is 2.97 bits per heavy atom. The molecule has 9 heteroatoms. The molecule has 1 aliphatic rings. The van der Waals surface area contributed by atoms with Crippen LogP contribution in [0.4, 0.5) is 5.82 Å². The summed E-state index contributed by atoms with van der Waals surface area (Å²) in [5, 5.41) is 25.9. The zero-order chi connectivity index (χ0) is 20.7. The lowest BCUT2D eigenvalue weighted by Gasteiger charge is -2.31. The van der Waals surface area contributed by atoms with Crippen molar-refractivity contribution in [1.29, 1.82) is 10.7 Å². The highest BCUT2D eigenvalue weighted by Crippen LogP contribution is 2.41. The molecule has 0 amide bonds. The van der Waals surface area contributed by atoms with Gasteiger partial charge in [0, 0.05) is 24.8 Å². The molecule has 3 rings (SSSR count). The normalized spacial score (nSPS) is 16.5. The van der Waals surface area contributed by atoms with Gasteiger partial charge in [-0.15, -0.1) is 0 Å². The van der Waals surface area contributed by atoms with Gasteiger partial charge in [0.2, 0.25) is 0 Å². The molecule has 8 nitrogen and oxygen atoms in total. The molecule has 1 aliphatic heterocycles. The van der Waals surface area contributed by atoms with E-state index in [2.05, 4.69) is 23.4 Å². The van der Waals surface area contributed by atoms with E-state index in [-0.39, 0.29) is 0 Å². The Bertz CT molecular complexity index is 925. The van der Waals surface area contributed by atoms with Crippen molar-refractivity contribution in [3.8, 4) is 6.07 Å². The molecule has 3 heterocycles. The SMILES string of the molecule is CCCOCCNc1cc(C2(C#N)CCSCC2)c2cnn(C(N)=CC=N)c2n1. The molecule has 1 saturated heterocycles. The van der Waals surface area contributed by atoms with Crippen LogP contribution in [-0.4, -0.2) is 52.2 Å². The zero-order valence-corrected chi connectivity index (χ0v) is 17.5. The van der Waals surface area contributed by atoms with Crippen LogP contribution in [0.3, 0.4) is 0 Å². The van der Waals surface area contributed by atoms with E-state index in [4.69, 9.17) is 20.9 Å². The molecule has 29 heavy (non-hydrogen) atoms. The molecule has 0 aromatic carbocycles. The van der Waals surface area contributed by atoms with Crippen LogP contribution in [0.5, 0.6) is 0 Å². The summed E-state index contributed by atoms with van der Waals surface area (Å²) in [5.74, 6) is 2.89. The zero-order valence-electron chi connectivity index (χ0n) is 16.6. The summed E-state index contributed by atoms with van der Waals surface area (Å²) in [7, 11) is 0. The molecule has 4 N–H and O–H groups in total. The van der Waals surface area contributed by atoms with Crippen molar-refractivity contribution in [2.45, 2.75) is 31.6 Å². The summed E-state index contributed by atoms with van der Waals surface area (Å²) in [6.07, 6.45) is 6.87. The largest absolute Gasteiger partial charge is 0.384 e. The van der Waals surface area contributed by atoms with Gasteiger partial charge in [0.1, 0.15) is 11.6 Å². The Morgan fingerprint density at radius 1 is 1.48 bits per heavy atom. The number of anilines is 1. The van der Waals surface area contributed by atoms with E-state index in [0.717, 1.165) is 54.5 Å². The first kappa shape index (κ1) is 21.1. The number of nitrogens with one attached hydrogen (secondary N) is 2. The van der Waals surface area contributed by atoms with Crippen LogP contribution < -0.4 is 11.1 Å². The van der Waals surface area contributed by atoms with E-state index < -0.39 is 5.41 Å². The highest BCUT2D eigenvalue weighted by atomic mass is 32.2. The number of nitrogens with zero attached hydrogens (tertiary/aromatic N) is 4. The molecule has 1 fully saturated rings. The van der Waals surface area contributed by atoms with Gasteiger partial charge in [-0.3, -0.25) is 0 Å². The minimum absolute atomic E-state index is 0.307. The standard InChI is InChI=1S/C20H27N7OS/c1-2-8-28-9-7-24-18-12-16(20(14-22)4-10-29-11-5-20)15-13-25-27(19(15)26-18)17(23)3-6-21/h3,6,12-13,21H,2,4-5,7-11,23H2,1H3,(H,24,26). The third kappa shape index (κ3) is 4.54. The van der Waals surface area contributed by atoms with E-state index in [1.165, 1.54) is 10.8 Å². The molecule has 0 aliphatic carbocycles. The maximum atomic E-state index is 10.1. The Morgan fingerprint density at radius 2 is 2.28 bits per heavy atom. The molecule has 2 aromatic heterocycles. The number of aromatic nitrogens is 3. The van der Waals surface area contributed by atoms with Gasteiger partial charge in [0.15, 0.2) is 5.65 Å². The van der Waals surface area contributed by atoms with Gasteiger partial charge in [-0.2, -0.15) is 26.8 Å². The minimum Gasteiger partial charge on any atom is -0.384 e. The molecule has 0 spiro atoms. The number of nitrogens with two attached hydrogens (primary N) is 1. The minimum atomic E-state index is -0.560. The first-order valence-electron chi connectivity index (χ1n) is 9.81. The van der Waals surface area contributed by atoms with Crippen molar-refractivity contribution >= 4 is 40.6 Å². The van der Waals surface area contributed by atoms with Gasteiger partial charge in [-0.1, -0.05) is 6.92 Å². The average Bonchev–Trinajstić information content (AvgIpc) is 3.17. The van der Waals surface area contributed by atoms with Crippen LogP contribution in [0.25, 0.3) is 16.9 Å². The molecule has 0 bridgehead atoms. The number of rotatable bonds is 9. The van der Waals surface area contributed by atoms with Crippen LogP contribution in [0.15, 0.2) is 18.3 Å². The number of hydrogen-bond donors (Lipinski definition) is 3. The number of ether oxygens (including phenoxy) is 1. The summed E-state index contributed by atoms with van der Waals surface area (Å²) < 4.78 is 7.06. The molecule has 154 valence electrons. The lowest BCUT2D eigenvalue weighted by Crippen LogP contribution is -2.30. The predicted molar refractivity (Wildman–Crippen MR) is 118 cm³/mol. The van der Waals surface area contributed by atoms with E-state index >= 15 is 0 Å². The van der Waals surface area contributed by atoms with Crippen molar-refractivity contribution in [2.75, 3.05) is 36.6 Å². The lowest BCUT2D eigenvalue weighted by molar-refractivity contribution is 0.144. The number of hydrogen-bond acceptors (Lipinski definition) is 8. The predicted octanol–water partition coefficient (Wildman–Crippen LogP) is 2.96. The van der Waals surface area contributed by atoms with E-state index in [1.807, 2.05) is 17.8 Å². The molecule has 0 saturated carbocycles. The van der Waals surface area contributed by atoms with Gasteiger partial charge >= 0.3 is 0 Å². The summed E-state index contributed by atoms with van der Waals surface area (Å²) in [6, 6.07) is 4.56. The Balaban J connectivity index is 2.04. The molecule has 0 unspecified atom stereocenters. The van der Waals surface area contributed by atoms with Gasteiger partial charge in [-0.25, -0.2) is 4.98 Å². The maximum absolute atomic E-state index is 10.1. The van der Waals surface area contributed by atoms with Gasteiger partial charge in [0.05, 0.1) is 24.3 Å². The maximum Gasteiger partial charge on any atom is 0.167 e. The van der Waals surface area contributed by atoms with Crippen molar-refractivity contribution in [3.63, 3.8) is 0 Å². The highest BCUT2D eigenvalue weighted by Gasteiger charge is 2.37. The van der Waals surface area contributed by atoms with E-state index in [9.17, 15) is 5.26 Å². The fraction of sp³-hybridized carbons (Fsp3) is 0.500. The number of nitriles is 1. The quantitative estimate of drug-likeness (QED) is 0.426. The summed E-state index contributed by atoms with van der Waals surface area (Å²) in [6.45, 7) is 4.00. The van der Waals surface area contributed by atoms with Crippen LogP contribution >= 0.6 is 11.8 Å². The summed E-state index contributed by atoms with van der Waals surface area (Å²) in [4.78, 5) is 4.70. The molecule has 0 atom stereocenters. The molecule has 0 radical (unpaired) electrons. The van der Waals surface area contributed by atoms with Gasteiger partial charge in [0.25, 0.3) is 0 Å². The lowest BCUT2D eigenvalue weighted by atomic mass is 9.76. The molecular weight excluding hydrogens is 386 g/mol. The average molecular weight is 414 g/mol. The number of pyridine rings is 1. The van der Waals surface area contributed by atoms with E-state index in [1.54, 1.807) is 6.20 Å². The number of allylic oxidation sites excluding steroid dienone is 1. The fourth-order valence-corrected chi connectivity index (χ4v) is 4.68. The number of fused-ring (bicyclic) bond motifs is 1. The van der Waals surface area contributed by atoms with Crippen LogP contribution in [0, 0.1) is 16.7 Å². The highest BCUT2D eigenvalue weighted by molar-refractivity contribution is 7.99. The Labute approximate surface area is 175 Å². The summed E-state index contributed by atoms with van der Waals surface area (Å²) in [5.41, 5.74) is 7.04. The third-order valence-corrected chi connectivity index (χ3v) is 6.00. The molecular formula is C20H27N7OS. The first-order chi connectivity index (χ1) is 14.1. The summed E-state index contributed by atoms with van der Waals surface area (Å²) >= 11 is 1.88. The second-order valence-corrected chi connectivity index (χ2v) is 8.18. The van der Waals surface area contributed by atoms with Crippen molar-refractivity contribution in [2.24, 2.45) is 5.73 Å². The van der Waals surface area contributed by atoms with E-state index in [0.29, 0.717) is 30.4 Å². The third-order valence-electron chi connectivity index (χ3n) is 5.02. The van der Waals surface area contributed by atoms with Crippen molar-refractivity contribution in [3.05, 3.63) is 23.9 Å². The van der Waals surface area contributed by atoms with Crippen LogP contribution in [0.1, 0.15) is 31.7 Å². The Kier molecular flexibility index (Phi) is 7.12. The van der Waals surface area contributed by atoms with Gasteiger partial charge in [-0.05, 0) is 48.5 Å². The second-order valence-electron chi connectivity index (χ2n) is 6.95. The van der Waals surface area contributed by atoms with Crippen molar-refractivity contribution < 1.29 is 4.74 Å². The van der Waals surface area contributed by atoms with Crippen LogP contribution in [-0.2, 0) is 10.2 Å². The van der Waals surface area contributed by atoms with Crippen molar-refractivity contribution in [1.82, 2.24) is 14.8 Å². The second kappa shape index (κ2) is 9.76. The van der Waals surface area contributed by atoms with Crippen LogP contribution in [0.2, 0.25) is 0 Å². The smallest absolute Gasteiger partial charge is 0.167 e.